The van der Waals surface area contributed by atoms with E-state index in [-0.39, 0.29) is 6.03 Å². The quantitative estimate of drug-likeness (QED) is 0.940. The van der Waals surface area contributed by atoms with Crippen molar-refractivity contribution in [3.05, 3.63) is 60.2 Å². The van der Waals surface area contributed by atoms with Gasteiger partial charge >= 0.3 is 6.03 Å². The first kappa shape index (κ1) is 16.3. The molecule has 126 valence electrons. The summed E-state index contributed by atoms with van der Waals surface area (Å²) < 4.78 is 5.18. The Morgan fingerprint density at radius 1 is 1.04 bits per heavy atom. The summed E-state index contributed by atoms with van der Waals surface area (Å²) in [4.78, 5) is 16.6. The first-order valence-electron chi connectivity index (χ1n) is 8.21. The monoisotopic (exact) mass is 325 g/mol. The van der Waals surface area contributed by atoms with Gasteiger partial charge in [-0.2, -0.15) is 0 Å². The van der Waals surface area contributed by atoms with Crippen LogP contribution < -0.4 is 10.1 Å². The summed E-state index contributed by atoms with van der Waals surface area (Å²) >= 11 is 0. The van der Waals surface area contributed by atoms with Crippen molar-refractivity contribution in [3.8, 4) is 5.75 Å². The number of urea groups is 1. The lowest BCUT2D eigenvalue weighted by Gasteiger charge is -2.34. The van der Waals surface area contributed by atoms with Gasteiger partial charge in [-0.25, -0.2) is 4.79 Å². The van der Waals surface area contributed by atoms with Crippen LogP contribution in [0.3, 0.4) is 0 Å². The molecule has 5 nitrogen and oxygen atoms in total. The van der Waals surface area contributed by atoms with Gasteiger partial charge in [0.15, 0.2) is 0 Å². The fraction of sp³-hybridized carbons (Fsp3) is 0.316. The molecule has 1 fully saturated rings. The highest BCUT2D eigenvalue weighted by atomic mass is 16.5. The number of carbonyl (C=O) groups excluding carboxylic acids is 1. The Hall–Kier alpha value is -2.53. The molecular weight excluding hydrogens is 302 g/mol. The van der Waals surface area contributed by atoms with Crippen LogP contribution in [-0.2, 0) is 6.54 Å². The van der Waals surface area contributed by atoms with Gasteiger partial charge < -0.3 is 15.0 Å². The SMILES string of the molecule is COc1cccc(NC(=O)N2CCN(Cc3ccccc3)CC2)c1. The number of methoxy groups -OCH3 is 1. The van der Waals surface area contributed by atoms with Crippen LogP contribution in [0.25, 0.3) is 0 Å². The molecule has 2 aromatic rings. The second kappa shape index (κ2) is 7.84. The Balaban J connectivity index is 1.49. The zero-order chi connectivity index (χ0) is 16.8. The Kier molecular flexibility index (Phi) is 5.33. The molecule has 1 aliphatic rings. The van der Waals surface area contributed by atoms with Crippen LogP contribution in [0, 0.1) is 0 Å². The minimum atomic E-state index is -0.0531. The Morgan fingerprint density at radius 2 is 1.79 bits per heavy atom. The van der Waals surface area contributed by atoms with E-state index in [2.05, 4.69) is 34.5 Å². The predicted octanol–water partition coefficient (Wildman–Crippen LogP) is 3.04. The van der Waals surface area contributed by atoms with Gasteiger partial charge in [-0.1, -0.05) is 36.4 Å². The molecule has 2 aromatic carbocycles. The summed E-state index contributed by atoms with van der Waals surface area (Å²) in [6.45, 7) is 4.19. The van der Waals surface area contributed by atoms with E-state index in [4.69, 9.17) is 4.74 Å². The number of piperazine rings is 1. The van der Waals surface area contributed by atoms with Gasteiger partial charge in [-0.15, -0.1) is 0 Å². The molecule has 0 aromatic heterocycles. The molecular formula is C19H23N3O2. The van der Waals surface area contributed by atoms with Crippen molar-refractivity contribution < 1.29 is 9.53 Å². The van der Waals surface area contributed by atoms with Gasteiger partial charge in [0, 0.05) is 44.5 Å². The molecule has 0 radical (unpaired) electrons. The summed E-state index contributed by atoms with van der Waals surface area (Å²) in [7, 11) is 1.62. The third-order valence-electron chi connectivity index (χ3n) is 4.23. The van der Waals surface area contributed by atoms with Gasteiger partial charge in [-0.3, -0.25) is 4.90 Å². The van der Waals surface area contributed by atoms with E-state index in [0.717, 1.165) is 44.2 Å². The third kappa shape index (κ3) is 4.26. The van der Waals surface area contributed by atoms with Crippen LogP contribution in [0.4, 0.5) is 10.5 Å². The summed E-state index contributed by atoms with van der Waals surface area (Å²) in [5.41, 5.74) is 2.07. The highest BCUT2D eigenvalue weighted by molar-refractivity contribution is 5.89. The van der Waals surface area contributed by atoms with Crippen LogP contribution in [0.1, 0.15) is 5.56 Å². The number of hydrogen-bond acceptors (Lipinski definition) is 3. The lowest BCUT2D eigenvalue weighted by Crippen LogP contribution is -2.49. The smallest absolute Gasteiger partial charge is 0.321 e. The number of anilines is 1. The van der Waals surface area contributed by atoms with Gasteiger partial charge in [0.1, 0.15) is 5.75 Å². The van der Waals surface area contributed by atoms with Crippen LogP contribution >= 0.6 is 0 Å². The molecule has 0 bridgehead atoms. The summed E-state index contributed by atoms with van der Waals surface area (Å²) in [6.07, 6.45) is 0. The van der Waals surface area contributed by atoms with Crippen molar-refractivity contribution in [2.45, 2.75) is 6.54 Å². The van der Waals surface area contributed by atoms with E-state index in [1.165, 1.54) is 5.56 Å². The molecule has 0 aliphatic carbocycles. The van der Waals surface area contributed by atoms with Gasteiger partial charge in [0.05, 0.1) is 7.11 Å². The molecule has 1 saturated heterocycles. The topological polar surface area (TPSA) is 44.8 Å². The highest BCUT2D eigenvalue weighted by Crippen LogP contribution is 2.17. The Bertz CT molecular complexity index is 667. The van der Waals surface area contributed by atoms with E-state index in [9.17, 15) is 4.79 Å². The molecule has 0 saturated carbocycles. The van der Waals surface area contributed by atoms with Gasteiger partial charge in [0.2, 0.25) is 0 Å². The van der Waals surface area contributed by atoms with Crippen molar-refractivity contribution in [2.75, 3.05) is 38.6 Å². The van der Waals surface area contributed by atoms with Crippen molar-refractivity contribution >= 4 is 11.7 Å². The normalized spacial score (nSPS) is 15.1. The van der Waals surface area contributed by atoms with Crippen molar-refractivity contribution in [3.63, 3.8) is 0 Å². The van der Waals surface area contributed by atoms with Crippen molar-refractivity contribution in [1.82, 2.24) is 9.80 Å². The molecule has 0 unspecified atom stereocenters. The van der Waals surface area contributed by atoms with Crippen LogP contribution in [0.15, 0.2) is 54.6 Å². The Labute approximate surface area is 142 Å². The van der Waals surface area contributed by atoms with E-state index >= 15 is 0 Å². The van der Waals surface area contributed by atoms with Crippen molar-refractivity contribution in [1.29, 1.82) is 0 Å². The maximum Gasteiger partial charge on any atom is 0.321 e. The molecule has 1 heterocycles. The number of carbonyl (C=O) groups is 1. The van der Waals surface area contributed by atoms with Crippen molar-refractivity contribution in [2.24, 2.45) is 0 Å². The van der Waals surface area contributed by atoms with Crippen LogP contribution in [0.5, 0.6) is 5.75 Å². The number of nitrogens with zero attached hydrogens (tertiary/aromatic N) is 2. The maximum absolute atomic E-state index is 12.4. The molecule has 2 amide bonds. The lowest BCUT2D eigenvalue weighted by atomic mass is 10.2. The zero-order valence-corrected chi connectivity index (χ0v) is 13.9. The molecule has 3 rings (SSSR count). The van der Waals surface area contributed by atoms with E-state index in [1.54, 1.807) is 7.11 Å². The van der Waals surface area contributed by atoms with E-state index in [0.29, 0.717) is 0 Å². The fourth-order valence-corrected chi connectivity index (χ4v) is 2.85. The third-order valence-corrected chi connectivity index (χ3v) is 4.23. The lowest BCUT2D eigenvalue weighted by molar-refractivity contribution is 0.143. The van der Waals surface area contributed by atoms with Crippen LogP contribution in [0.2, 0.25) is 0 Å². The summed E-state index contributed by atoms with van der Waals surface area (Å²) in [6, 6.07) is 17.8. The zero-order valence-electron chi connectivity index (χ0n) is 13.9. The molecule has 0 atom stereocenters. The first-order chi connectivity index (χ1) is 11.7. The summed E-state index contributed by atoms with van der Waals surface area (Å²) in [5.74, 6) is 0.737. The maximum atomic E-state index is 12.4. The second-order valence-electron chi connectivity index (χ2n) is 5.91. The number of benzene rings is 2. The van der Waals surface area contributed by atoms with Gasteiger partial charge in [-0.05, 0) is 17.7 Å². The molecule has 5 heteroatoms. The number of nitrogens with one attached hydrogen (secondary N) is 1. The first-order valence-corrected chi connectivity index (χ1v) is 8.21. The number of ether oxygens (including phenoxy) is 1. The van der Waals surface area contributed by atoms with E-state index in [1.807, 2.05) is 35.2 Å². The fourth-order valence-electron chi connectivity index (χ4n) is 2.85. The van der Waals surface area contributed by atoms with E-state index < -0.39 is 0 Å². The second-order valence-corrected chi connectivity index (χ2v) is 5.91. The van der Waals surface area contributed by atoms with Crippen LogP contribution in [-0.4, -0.2) is 49.1 Å². The highest BCUT2D eigenvalue weighted by Gasteiger charge is 2.21. The number of hydrogen-bond donors (Lipinski definition) is 1. The van der Waals surface area contributed by atoms with Gasteiger partial charge in [0.25, 0.3) is 0 Å². The molecule has 0 spiro atoms. The molecule has 1 N–H and O–H groups in total. The number of rotatable bonds is 4. The average Bonchev–Trinajstić information content (AvgIpc) is 2.63. The average molecular weight is 325 g/mol. The predicted molar refractivity (Wildman–Crippen MR) is 95.3 cm³/mol. The minimum absolute atomic E-state index is 0.0531. The Morgan fingerprint density at radius 3 is 2.50 bits per heavy atom. The largest absolute Gasteiger partial charge is 0.497 e. The number of amides is 2. The minimum Gasteiger partial charge on any atom is -0.497 e. The molecule has 24 heavy (non-hydrogen) atoms. The molecule has 1 aliphatic heterocycles. The summed E-state index contributed by atoms with van der Waals surface area (Å²) in [5, 5.41) is 2.94. The standard InChI is InChI=1S/C19H23N3O2/c1-24-18-9-5-8-17(14-18)20-19(23)22-12-10-21(11-13-22)15-16-6-3-2-4-7-16/h2-9,14H,10-13,15H2,1H3,(H,20,23).